The highest BCUT2D eigenvalue weighted by Gasteiger charge is 2.95. The van der Waals surface area contributed by atoms with Gasteiger partial charge in [-0.3, -0.25) is 29.0 Å². The predicted molar refractivity (Wildman–Crippen MR) is 185 cm³/mol. The topological polar surface area (TPSA) is 144 Å². The zero-order valence-electron chi connectivity index (χ0n) is 26.9. The van der Waals surface area contributed by atoms with Crippen molar-refractivity contribution in [1.29, 1.82) is 0 Å². The van der Waals surface area contributed by atoms with Crippen molar-refractivity contribution in [2.45, 2.75) is 70.9 Å². The van der Waals surface area contributed by atoms with Gasteiger partial charge in [0.15, 0.2) is 4.87 Å². The van der Waals surface area contributed by atoms with Crippen molar-refractivity contribution in [3.8, 4) is 0 Å². The number of piperazine rings is 2. The molecule has 7 fully saturated rings. The molecule has 0 aromatic heterocycles. The van der Waals surface area contributed by atoms with Gasteiger partial charge in [-0.05, 0) is 70.4 Å². The van der Waals surface area contributed by atoms with Gasteiger partial charge in [-0.25, -0.2) is 0 Å². The third kappa shape index (κ3) is 2.78. The Morgan fingerprint density at radius 2 is 1.43 bits per heavy atom. The summed E-state index contributed by atoms with van der Waals surface area (Å²) in [6, 6.07) is 15.2. The van der Waals surface area contributed by atoms with Crippen molar-refractivity contribution in [2.75, 3.05) is 31.8 Å². The number of carbonyl (C=O) groups excluding carboxylic acids is 4. The van der Waals surface area contributed by atoms with Crippen LogP contribution in [-0.4, -0.2) is 116 Å². The Balaban J connectivity index is 1.37. The molecule has 11 rings (SSSR count). The number of ether oxygens (including phenoxy) is 2. The van der Waals surface area contributed by atoms with Crippen LogP contribution in [0.15, 0.2) is 48.5 Å². The van der Waals surface area contributed by atoms with E-state index in [4.69, 9.17) is 9.47 Å². The summed E-state index contributed by atoms with van der Waals surface area (Å²) in [7, 11) is 9.90. The summed E-state index contributed by atoms with van der Waals surface area (Å²) in [5.74, 6) is -2.11. The van der Waals surface area contributed by atoms with Gasteiger partial charge in [-0.1, -0.05) is 50.2 Å². The second kappa shape index (κ2) is 9.35. The third-order valence-electron chi connectivity index (χ3n) is 12.4. The Morgan fingerprint density at radius 1 is 0.837 bits per heavy atom. The zero-order chi connectivity index (χ0) is 34.2. The van der Waals surface area contributed by atoms with Crippen LogP contribution in [0.1, 0.15) is 25.0 Å². The van der Waals surface area contributed by atoms with Gasteiger partial charge in [-0.2, -0.15) is 0 Å². The number of para-hydroxylation sites is 2. The number of anilines is 2. The van der Waals surface area contributed by atoms with E-state index in [1.54, 1.807) is 16.8 Å². The average Bonchev–Trinajstić information content (AvgIpc) is 3.71. The summed E-state index contributed by atoms with van der Waals surface area (Å²) < 4.78 is 12.8. The number of methoxy groups -OCH3 is 1. The lowest BCUT2D eigenvalue weighted by Gasteiger charge is -2.59. The number of carbonyl (C=O) groups is 4. The van der Waals surface area contributed by atoms with E-state index in [-0.39, 0.29) is 17.7 Å². The first-order chi connectivity index (χ1) is 23.5. The monoisotopic (exact) mass is 740 g/mol. The quantitative estimate of drug-likeness (QED) is 0.388. The molecule has 2 unspecified atom stereocenters. The van der Waals surface area contributed by atoms with Crippen LogP contribution in [0.5, 0.6) is 0 Å². The minimum absolute atomic E-state index is 0.257. The lowest BCUT2D eigenvalue weighted by Crippen LogP contribution is -2.81. The molecule has 4 amide bonds. The van der Waals surface area contributed by atoms with Gasteiger partial charge in [-0.15, -0.1) is 0 Å². The molecule has 2 aromatic carbocycles. The number of fused-ring (bicyclic) bond motifs is 7. The number of likely N-dealkylation sites (N-methyl/N-ethyl adjacent to an activating group) is 2. The Kier molecular flexibility index (Phi) is 5.91. The van der Waals surface area contributed by atoms with E-state index in [9.17, 15) is 14.7 Å². The first-order valence-corrected chi connectivity index (χ1v) is 20.8. The molecule has 17 heteroatoms. The molecule has 7 saturated heterocycles. The van der Waals surface area contributed by atoms with Crippen LogP contribution in [0.25, 0.3) is 0 Å². The summed E-state index contributed by atoms with van der Waals surface area (Å²) in [6.07, 6.45) is -6.07. The maximum atomic E-state index is 15.5. The SMILES string of the molecule is CO[C@H]1C(=O)N2[C@@H]3Nc4ccccc4C34[C@H](O)[C@]2(O[C@H]2C43c4ccccc4N[C@@H]3N3C(=O)[C@]4(C(C)C)SSSS[C@]23C(=O)N4C)C(=O)N1C. The van der Waals surface area contributed by atoms with E-state index in [1.165, 1.54) is 65.2 Å². The highest BCUT2D eigenvalue weighted by atomic mass is 33.7. The maximum absolute atomic E-state index is 15.5. The highest BCUT2D eigenvalue weighted by molar-refractivity contribution is 9.26. The van der Waals surface area contributed by atoms with Crippen LogP contribution in [0.3, 0.4) is 0 Å². The van der Waals surface area contributed by atoms with Gasteiger partial charge in [0, 0.05) is 32.6 Å². The van der Waals surface area contributed by atoms with E-state index in [0.29, 0.717) is 11.3 Å². The zero-order valence-corrected chi connectivity index (χ0v) is 30.2. The standard InChI is InChI=1S/C32H32N6O7S4/c1-14(2)31-27(43)38-24-29(16-11-7-9-13-18(16)34-24)22(32(38,26(42)36(31)4)47-49-48-46-31)45-30-21(40)28(29)15-10-6-8-12-17(15)33-23(28)37(30)19(39)20(44-5)35(3)25(30)41/h6-14,20-24,33-34,40H,1-5H3/t20-,21-,22-,23-,24+,28?,29?,30-,31-,32-/m0/s1. The largest absolute Gasteiger partial charge is 0.386 e. The molecule has 4 bridgehead atoms. The molecule has 9 aliphatic rings. The Labute approximate surface area is 296 Å². The van der Waals surface area contributed by atoms with Crippen LogP contribution < -0.4 is 10.6 Å². The minimum atomic E-state index is -2.25. The Hall–Kier alpha value is -2.80. The second-order valence-corrected chi connectivity index (χ2v) is 20.2. The second-order valence-electron chi connectivity index (χ2n) is 14.1. The molecule has 0 radical (unpaired) electrons. The van der Waals surface area contributed by atoms with Crippen LogP contribution in [0.2, 0.25) is 0 Å². The van der Waals surface area contributed by atoms with Gasteiger partial charge in [0.1, 0.15) is 24.5 Å². The van der Waals surface area contributed by atoms with Gasteiger partial charge in [0.05, 0.1) is 10.8 Å². The summed E-state index contributed by atoms with van der Waals surface area (Å²) >= 11 is 0. The van der Waals surface area contributed by atoms with E-state index in [1.807, 2.05) is 62.4 Å². The number of amides is 4. The number of rotatable bonds is 2. The molecule has 9 heterocycles. The van der Waals surface area contributed by atoms with Crippen molar-refractivity contribution >= 4 is 76.2 Å². The molecule has 256 valence electrons. The lowest BCUT2D eigenvalue weighted by molar-refractivity contribution is -0.269. The molecule has 10 atom stereocenters. The fraction of sp³-hybridized carbons (Fsp3) is 0.500. The Bertz CT molecular complexity index is 1940. The van der Waals surface area contributed by atoms with Gasteiger partial charge in [0.25, 0.3) is 29.4 Å². The van der Waals surface area contributed by atoms with Crippen LogP contribution in [0.4, 0.5) is 11.4 Å². The minimum Gasteiger partial charge on any atom is -0.386 e. The maximum Gasteiger partial charge on any atom is 0.281 e. The first-order valence-electron chi connectivity index (χ1n) is 16.0. The lowest BCUT2D eigenvalue weighted by atomic mass is 9.50. The van der Waals surface area contributed by atoms with E-state index < -0.39 is 68.9 Å². The molecule has 3 N–H and O–H groups in total. The van der Waals surface area contributed by atoms with Crippen molar-refractivity contribution in [1.82, 2.24) is 19.6 Å². The summed E-state index contributed by atoms with van der Waals surface area (Å²) in [6.45, 7) is 3.88. The van der Waals surface area contributed by atoms with Crippen LogP contribution in [0, 0.1) is 5.92 Å². The summed E-state index contributed by atoms with van der Waals surface area (Å²) in [5, 5.41) is 20.4. The van der Waals surface area contributed by atoms with Gasteiger partial charge >= 0.3 is 0 Å². The molecule has 9 aliphatic heterocycles. The highest BCUT2D eigenvalue weighted by Crippen LogP contribution is 2.79. The average molecular weight is 741 g/mol. The smallest absolute Gasteiger partial charge is 0.281 e. The molecular weight excluding hydrogens is 709 g/mol. The molecule has 0 aliphatic carbocycles. The third-order valence-corrected chi connectivity index (χ3v) is 19.9. The molecule has 13 nitrogen and oxygen atoms in total. The summed E-state index contributed by atoms with van der Waals surface area (Å²) in [5.41, 5.74) is -2.36. The van der Waals surface area contributed by atoms with Crippen molar-refractivity contribution in [3.63, 3.8) is 0 Å². The van der Waals surface area contributed by atoms with E-state index >= 15 is 9.59 Å². The molecule has 49 heavy (non-hydrogen) atoms. The van der Waals surface area contributed by atoms with Crippen molar-refractivity contribution in [2.24, 2.45) is 5.92 Å². The number of nitrogens with zero attached hydrogens (tertiary/aromatic N) is 4. The van der Waals surface area contributed by atoms with Gasteiger partial charge in [0.2, 0.25) is 11.1 Å². The number of hydrogen-bond acceptors (Lipinski definition) is 13. The normalized spacial score (nSPS) is 43.7. The number of hydrogen-bond donors (Lipinski definition) is 3. The number of nitrogens with one attached hydrogen (secondary N) is 2. The fourth-order valence-electron chi connectivity index (χ4n) is 10.7. The van der Waals surface area contributed by atoms with Crippen molar-refractivity contribution in [3.05, 3.63) is 59.7 Å². The van der Waals surface area contributed by atoms with Gasteiger partial charge < -0.3 is 35.0 Å². The summed E-state index contributed by atoms with van der Waals surface area (Å²) in [4.78, 5) is 63.2. The van der Waals surface area contributed by atoms with Crippen LogP contribution >= 0.6 is 41.2 Å². The fourth-order valence-corrected chi connectivity index (χ4v) is 18.8. The first kappa shape index (κ1) is 31.0. The number of aliphatic hydroxyl groups is 1. The van der Waals surface area contributed by atoms with Crippen LogP contribution in [-0.2, 0) is 39.5 Å². The predicted octanol–water partition coefficient (Wildman–Crippen LogP) is 2.16. The van der Waals surface area contributed by atoms with Crippen molar-refractivity contribution < 1.29 is 33.8 Å². The van der Waals surface area contributed by atoms with E-state index in [0.717, 1.165) is 11.3 Å². The molecular formula is C32H32N6O7S4. The van der Waals surface area contributed by atoms with E-state index in [2.05, 4.69) is 10.6 Å². The molecule has 2 aromatic rings. The Morgan fingerprint density at radius 3 is 2.06 bits per heavy atom. The number of benzene rings is 2. The molecule has 4 spiro atoms. The molecule has 0 saturated carbocycles. The number of aliphatic hydroxyl groups excluding tert-OH is 1.